The lowest BCUT2D eigenvalue weighted by Gasteiger charge is -2.24. The number of halogens is 2. The normalized spacial score (nSPS) is 14.1. The molecule has 1 rings (SSSR count). The molecule has 0 bridgehead atoms. The van der Waals surface area contributed by atoms with Crippen LogP contribution in [0.4, 0.5) is 0 Å². The summed E-state index contributed by atoms with van der Waals surface area (Å²) in [5.41, 5.74) is -0.321. The second-order valence-electron chi connectivity index (χ2n) is 4.64. The van der Waals surface area contributed by atoms with Gasteiger partial charge in [-0.1, -0.05) is 37.0 Å². The van der Waals surface area contributed by atoms with Crippen molar-refractivity contribution in [3.63, 3.8) is 0 Å². The SMILES string of the molecule is CCC(C)(CCOc1ccc(Cl)cc1Cl)C(C)=O. The molecule has 0 aliphatic carbocycles. The van der Waals surface area contributed by atoms with E-state index < -0.39 is 0 Å². The molecule has 0 radical (unpaired) electrons. The van der Waals surface area contributed by atoms with Crippen LogP contribution in [0.1, 0.15) is 33.6 Å². The van der Waals surface area contributed by atoms with E-state index in [2.05, 4.69) is 0 Å². The highest BCUT2D eigenvalue weighted by molar-refractivity contribution is 6.35. The number of ketones is 1. The Morgan fingerprint density at radius 3 is 2.56 bits per heavy atom. The molecular formula is C14H18Cl2O2. The summed E-state index contributed by atoms with van der Waals surface area (Å²) in [6.45, 7) is 6.06. The van der Waals surface area contributed by atoms with Crippen molar-refractivity contribution < 1.29 is 9.53 Å². The van der Waals surface area contributed by atoms with Gasteiger partial charge in [-0.05, 0) is 38.0 Å². The van der Waals surface area contributed by atoms with Crippen molar-refractivity contribution in [1.29, 1.82) is 0 Å². The van der Waals surface area contributed by atoms with Gasteiger partial charge < -0.3 is 4.74 Å². The predicted molar refractivity (Wildman–Crippen MR) is 75.7 cm³/mol. The minimum absolute atomic E-state index is 0.191. The Kier molecular flexibility index (Phi) is 5.48. The maximum absolute atomic E-state index is 11.6. The fourth-order valence-corrected chi connectivity index (χ4v) is 2.04. The number of carbonyl (C=O) groups excluding carboxylic acids is 1. The number of benzene rings is 1. The van der Waals surface area contributed by atoms with Gasteiger partial charge in [0.1, 0.15) is 11.5 Å². The Balaban J connectivity index is 2.58. The van der Waals surface area contributed by atoms with E-state index in [4.69, 9.17) is 27.9 Å². The maximum Gasteiger partial charge on any atom is 0.137 e. The highest BCUT2D eigenvalue weighted by atomic mass is 35.5. The summed E-state index contributed by atoms with van der Waals surface area (Å²) in [5, 5.41) is 1.07. The summed E-state index contributed by atoms with van der Waals surface area (Å²) in [6, 6.07) is 5.11. The summed E-state index contributed by atoms with van der Waals surface area (Å²) in [6.07, 6.45) is 1.48. The molecule has 4 heteroatoms. The molecule has 0 N–H and O–H groups in total. The lowest BCUT2D eigenvalue weighted by atomic mass is 9.81. The fourth-order valence-electron chi connectivity index (χ4n) is 1.58. The van der Waals surface area contributed by atoms with Crippen molar-refractivity contribution >= 4 is 29.0 Å². The van der Waals surface area contributed by atoms with Crippen LogP contribution < -0.4 is 4.74 Å². The summed E-state index contributed by atoms with van der Waals surface area (Å²) in [5.74, 6) is 0.791. The van der Waals surface area contributed by atoms with Crippen LogP contribution in [0.3, 0.4) is 0 Å². The van der Waals surface area contributed by atoms with Crippen LogP contribution in [-0.2, 0) is 4.79 Å². The second kappa shape index (κ2) is 6.44. The largest absolute Gasteiger partial charge is 0.492 e. The van der Waals surface area contributed by atoms with Crippen LogP contribution in [0.2, 0.25) is 10.0 Å². The van der Waals surface area contributed by atoms with Crippen LogP contribution in [-0.4, -0.2) is 12.4 Å². The van der Waals surface area contributed by atoms with Crippen LogP contribution in [0, 0.1) is 5.41 Å². The quantitative estimate of drug-likeness (QED) is 0.754. The van der Waals surface area contributed by atoms with Gasteiger partial charge in [0.05, 0.1) is 11.6 Å². The van der Waals surface area contributed by atoms with Crippen molar-refractivity contribution in [3.05, 3.63) is 28.2 Å². The van der Waals surface area contributed by atoms with Gasteiger partial charge in [-0.2, -0.15) is 0 Å². The van der Waals surface area contributed by atoms with Crippen LogP contribution in [0.25, 0.3) is 0 Å². The highest BCUT2D eigenvalue weighted by Crippen LogP contribution is 2.30. The Bertz CT molecular complexity index is 432. The van der Waals surface area contributed by atoms with Gasteiger partial charge in [-0.25, -0.2) is 0 Å². The molecule has 0 aliphatic rings. The van der Waals surface area contributed by atoms with E-state index in [-0.39, 0.29) is 11.2 Å². The Hall–Kier alpha value is -0.730. The van der Waals surface area contributed by atoms with Gasteiger partial charge in [0.15, 0.2) is 0 Å². The summed E-state index contributed by atoms with van der Waals surface area (Å²) in [7, 11) is 0. The van der Waals surface area contributed by atoms with E-state index in [9.17, 15) is 4.79 Å². The van der Waals surface area contributed by atoms with Gasteiger partial charge in [-0.15, -0.1) is 0 Å². The molecule has 0 amide bonds. The Morgan fingerprint density at radius 1 is 1.39 bits per heavy atom. The van der Waals surface area contributed by atoms with Crippen LogP contribution in [0.15, 0.2) is 18.2 Å². The third-order valence-electron chi connectivity index (χ3n) is 3.44. The molecule has 1 aromatic carbocycles. The zero-order valence-electron chi connectivity index (χ0n) is 10.9. The van der Waals surface area contributed by atoms with E-state index in [0.717, 1.165) is 6.42 Å². The van der Waals surface area contributed by atoms with Gasteiger partial charge in [-0.3, -0.25) is 4.79 Å². The molecule has 18 heavy (non-hydrogen) atoms. The molecule has 0 heterocycles. The minimum Gasteiger partial charge on any atom is -0.492 e. The topological polar surface area (TPSA) is 26.3 Å². The van der Waals surface area contributed by atoms with E-state index in [1.807, 2.05) is 13.8 Å². The molecule has 2 nitrogen and oxygen atoms in total. The molecule has 0 aromatic heterocycles. The first-order chi connectivity index (χ1) is 8.39. The van der Waals surface area contributed by atoms with Gasteiger partial charge in [0.25, 0.3) is 0 Å². The molecular weight excluding hydrogens is 271 g/mol. The van der Waals surface area contributed by atoms with E-state index in [1.165, 1.54) is 0 Å². The number of hydrogen-bond acceptors (Lipinski definition) is 2. The third kappa shape index (κ3) is 3.89. The average molecular weight is 289 g/mol. The number of ether oxygens (including phenoxy) is 1. The van der Waals surface area contributed by atoms with E-state index in [0.29, 0.717) is 28.8 Å². The van der Waals surface area contributed by atoms with E-state index >= 15 is 0 Å². The Labute approximate surface area is 118 Å². The number of Topliss-reactive ketones (excluding diaryl/α,β-unsaturated/α-hetero) is 1. The number of rotatable bonds is 6. The van der Waals surface area contributed by atoms with Crippen LogP contribution in [0.5, 0.6) is 5.75 Å². The second-order valence-corrected chi connectivity index (χ2v) is 5.49. The van der Waals surface area contributed by atoms with Crippen LogP contribution >= 0.6 is 23.2 Å². The Morgan fingerprint density at radius 2 is 2.06 bits per heavy atom. The molecule has 0 saturated carbocycles. The monoisotopic (exact) mass is 288 g/mol. The summed E-state index contributed by atoms with van der Waals surface area (Å²) < 4.78 is 5.60. The summed E-state index contributed by atoms with van der Waals surface area (Å²) in [4.78, 5) is 11.6. The molecule has 0 aliphatic heterocycles. The molecule has 0 spiro atoms. The predicted octanol–water partition coefficient (Wildman–Crippen LogP) is 4.77. The lowest BCUT2D eigenvalue weighted by Crippen LogP contribution is -2.26. The maximum atomic E-state index is 11.6. The first-order valence-corrected chi connectivity index (χ1v) is 6.73. The average Bonchev–Trinajstić information content (AvgIpc) is 2.31. The molecule has 1 aromatic rings. The van der Waals surface area contributed by atoms with Gasteiger partial charge in [0, 0.05) is 10.4 Å². The molecule has 0 saturated heterocycles. The fraction of sp³-hybridized carbons (Fsp3) is 0.500. The zero-order chi connectivity index (χ0) is 13.8. The van der Waals surface area contributed by atoms with Crippen molar-refractivity contribution in [2.75, 3.05) is 6.61 Å². The number of carbonyl (C=O) groups is 1. The standard InChI is InChI=1S/C14H18Cl2O2/c1-4-14(3,10(2)17)7-8-18-13-6-5-11(15)9-12(13)16/h5-6,9H,4,7-8H2,1-3H3. The smallest absolute Gasteiger partial charge is 0.137 e. The first-order valence-electron chi connectivity index (χ1n) is 5.98. The van der Waals surface area contributed by atoms with Crippen molar-refractivity contribution in [1.82, 2.24) is 0 Å². The van der Waals surface area contributed by atoms with Crippen molar-refractivity contribution in [3.8, 4) is 5.75 Å². The molecule has 1 unspecified atom stereocenters. The molecule has 100 valence electrons. The van der Waals surface area contributed by atoms with Crippen molar-refractivity contribution in [2.45, 2.75) is 33.6 Å². The van der Waals surface area contributed by atoms with Gasteiger partial charge in [0.2, 0.25) is 0 Å². The van der Waals surface area contributed by atoms with Crippen molar-refractivity contribution in [2.24, 2.45) is 5.41 Å². The minimum atomic E-state index is -0.321. The van der Waals surface area contributed by atoms with E-state index in [1.54, 1.807) is 25.1 Å². The lowest BCUT2D eigenvalue weighted by molar-refractivity contribution is -0.126. The highest BCUT2D eigenvalue weighted by Gasteiger charge is 2.27. The molecule has 0 fully saturated rings. The zero-order valence-corrected chi connectivity index (χ0v) is 12.4. The third-order valence-corrected chi connectivity index (χ3v) is 3.97. The molecule has 1 atom stereocenters. The first kappa shape index (κ1) is 15.3. The van der Waals surface area contributed by atoms with Gasteiger partial charge >= 0.3 is 0 Å². The summed E-state index contributed by atoms with van der Waals surface area (Å²) >= 11 is 11.8. The number of hydrogen-bond donors (Lipinski definition) is 0.